The molecule has 3 rings (SSSR count). The summed E-state index contributed by atoms with van der Waals surface area (Å²) in [5, 5.41) is 3.00. The Morgan fingerprint density at radius 1 is 1.14 bits per heavy atom. The average molecular weight is 286 g/mol. The molecule has 2 unspecified atom stereocenters. The van der Waals surface area contributed by atoms with E-state index < -0.39 is 0 Å². The van der Waals surface area contributed by atoms with Crippen LogP contribution in [-0.2, 0) is 16.0 Å². The van der Waals surface area contributed by atoms with Crippen LogP contribution in [0.5, 0.6) is 0 Å². The van der Waals surface area contributed by atoms with Crippen LogP contribution < -0.4 is 5.32 Å². The van der Waals surface area contributed by atoms with Crippen LogP contribution in [0.3, 0.4) is 0 Å². The molecular formula is C17H22N2O2. The van der Waals surface area contributed by atoms with Gasteiger partial charge in [-0.2, -0.15) is 0 Å². The van der Waals surface area contributed by atoms with E-state index in [2.05, 4.69) is 5.32 Å². The van der Waals surface area contributed by atoms with Gasteiger partial charge in [-0.25, -0.2) is 0 Å². The minimum atomic E-state index is 0.0811. The molecule has 0 radical (unpaired) electrons. The van der Waals surface area contributed by atoms with Crippen molar-refractivity contribution in [2.24, 2.45) is 17.8 Å². The summed E-state index contributed by atoms with van der Waals surface area (Å²) in [5.41, 5.74) is 1.79. The lowest BCUT2D eigenvalue weighted by Gasteiger charge is -2.11. The minimum Gasteiger partial charge on any atom is -0.349 e. The van der Waals surface area contributed by atoms with E-state index in [1.165, 1.54) is 19.3 Å². The molecule has 2 aliphatic rings. The van der Waals surface area contributed by atoms with Crippen molar-refractivity contribution < 1.29 is 9.59 Å². The van der Waals surface area contributed by atoms with E-state index in [9.17, 15) is 9.59 Å². The summed E-state index contributed by atoms with van der Waals surface area (Å²) >= 11 is 0. The Morgan fingerprint density at radius 2 is 1.76 bits per heavy atom. The van der Waals surface area contributed by atoms with Crippen LogP contribution in [0.2, 0.25) is 0 Å². The van der Waals surface area contributed by atoms with Gasteiger partial charge in [-0.1, -0.05) is 18.6 Å². The number of fused-ring (bicyclic) bond motifs is 1. The van der Waals surface area contributed by atoms with Gasteiger partial charge in [-0.3, -0.25) is 9.59 Å². The molecule has 4 heteroatoms. The van der Waals surface area contributed by atoms with Crippen LogP contribution in [0.25, 0.3) is 0 Å². The van der Waals surface area contributed by atoms with E-state index in [-0.39, 0.29) is 17.7 Å². The Hall–Kier alpha value is -1.84. The predicted molar refractivity (Wildman–Crippen MR) is 81.8 cm³/mol. The number of anilines is 1. The molecule has 1 N–H and O–H groups in total. The number of rotatable bonds is 4. The first kappa shape index (κ1) is 14.1. The second-order valence-corrected chi connectivity index (χ2v) is 6.44. The minimum absolute atomic E-state index is 0.0811. The third-order valence-corrected chi connectivity index (χ3v) is 4.78. The van der Waals surface area contributed by atoms with Gasteiger partial charge in [-0.15, -0.1) is 0 Å². The van der Waals surface area contributed by atoms with Crippen molar-refractivity contribution >= 4 is 17.5 Å². The SMILES string of the molecule is CN(C)C(=O)Cc1ccc(NC(=O)C2C3CCCC32)cc1. The van der Waals surface area contributed by atoms with Crippen molar-refractivity contribution in [3.63, 3.8) is 0 Å². The normalized spacial score (nSPS) is 26.1. The summed E-state index contributed by atoms with van der Waals surface area (Å²) < 4.78 is 0. The van der Waals surface area contributed by atoms with Crippen molar-refractivity contribution in [3.8, 4) is 0 Å². The van der Waals surface area contributed by atoms with Gasteiger partial charge in [0.15, 0.2) is 0 Å². The fourth-order valence-electron chi connectivity index (χ4n) is 3.47. The van der Waals surface area contributed by atoms with E-state index in [0.717, 1.165) is 11.3 Å². The summed E-state index contributed by atoms with van der Waals surface area (Å²) in [6, 6.07) is 7.58. The van der Waals surface area contributed by atoms with Crippen molar-refractivity contribution in [2.45, 2.75) is 25.7 Å². The highest BCUT2D eigenvalue weighted by atomic mass is 16.2. The maximum absolute atomic E-state index is 12.2. The van der Waals surface area contributed by atoms with Gasteiger partial charge < -0.3 is 10.2 Å². The summed E-state index contributed by atoms with van der Waals surface area (Å²) in [6.45, 7) is 0. The number of hydrogen-bond acceptors (Lipinski definition) is 2. The molecule has 0 heterocycles. The maximum Gasteiger partial charge on any atom is 0.228 e. The lowest BCUT2D eigenvalue weighted by Crippen LogP contribution is -2.23. The molecule has 2 amide bonds. The molecule has 1 aromatic carbocycles. The summed E-state index contributed by atoms with van der Waals surface area (Å²) in [7, 11) is 3.51. The average Bonchev–Trinajstić information content (AvgIpc) is 2.94. The molecule has 112 valence electrons. The van der Waals surface area contributed by atoms with Gasteiger partial charge in [0.05, 0.1) is 6.42 Å². The molecule has 2 aliphatic carbocycles. The molecule has 0 aliphatic heterocycles. The van der Waals surface area contributed by atoms with E-state index in [1.807, 2.05) is 24.3 Å². The lowest BCUT2D eigenvalue weighted by atomic mass is 10.1. The number of nitrogens with one attached hydrogen (secondary N) is 1. The maximum atomic E-state index is 12.2. The van der Waals surface area contributed by atoms with E-state index in [4.69, 9.17) is 0 Å². The zero-order valence-corrected chi connectivity index (χ0v) is 12.6. The summed E-state index contributed by atoms with van der Waals surface area (Å²) in [5.74, 6) is 1.78. The van der Waals surface area contributed by atoms with Crippen LogP contribution in [0, 0.1) is 17.8 Å². The molecule has 4 nitrogen and oxygen atoms in total. The number of carbonyl (C=O) groups is 2. The molecule has 0 aromatic heterocycles. The second-order valence-electron chi connectivity index (χ2n) is 6.44. The molecule has 0 bridgehead atoms. The first-order chi connectivity index (χ1) is 10.1. The highest BCUT2D eigenvalue weighted by molar-refractivity contribution is 5.95. The Morgan fingerprint density at radius 3 is 2.33 bits per heavy atom. The van der Waals surface area contributed by atoms with Gasteiger partial charge >= 0.3 is 0 Å². The first-order valence-electron chi connectivity index (χ1n) is 7.66. The zero-order valence-electron chi connectivity index (χ0n) is 12.6. The van der Waals surface area contributed by atoms with Gasteiger partial charge in [0, 0.05) is 25.7 Å². The fourth-order valence-corrected chi connectivity index (χ4v) is 3.47. The monoisotopic (exact) mass is 286 g/mol. The Balaban J connectivity index is 1.55. The number of hydrogen-bond donors (Lipinski definition) is 1. The van der Waals surface area contributed by atoms with E-state index in [0.29, 0.717) is 18.3 Å². The number of carbonyl (C=O) groups excluding carboxylic acids is 2. The number of benzene rings is 1. The van der Waals surface area contributed by atoms with Crippen molar-refractivity contribution in [1.29, 1.82) is 0 Å². The van der Waals surface area contributed by atoms with Gasteiger partial charge in [0.1, 0.15) is 0 Å². The van der Waals surface area contributed by atoms with Crippen LogP contribution in [0.15, 0.2) is 24.3 Å². The van der Waals surface area contributed by atoms with Gasteiger partial charge in [0.2, 0.25) is 11.8 Å². The molecule has 0 spiro atoms. The lowest BCUT2D eigenvalue weighted by molar-refractivity contribution is -0.128. The van der Waals surface area contributed by atoms with E-state index in [1.54, 1.807) is 19.0 Å². The van der Waals surface area contributed by atoms with Gasteiger partial charge in [-0.05, 0) is 42.4 Å². The number of likely N-dealkylation sites (N-methyl/N-ethyl adjacent to an activating group) is 1. The number of nitrogens with zero attached hydrogens (tertiary/aromatic N) is 1. The summed E-state index contributed by atoms with van der Waals surface area (Å²) in [4.78, 5) is 25.4. The standard InChI is InChI=1S/C17H22N2O2/c1-19(2)15(20)10-11-6-8-12(9-7-11)18-17(21)16-13-4-3-5-14(13)16/h6-9,13-14,16H,3-5,10H2,1-2H3,(H,18,21). The van der Waals surface area contributed by atoms with Crippen LogP contribution in [0.4, 0.5) is 5.69 Å². The molecule has 2 saturated carbocycles. The molecule has 21 heavy (non-hydrogen) atoms. The Bertz CT molecular complexity index is 540. The van der Waals surface area contributed by atoms with Crippen molar-refractivity contribution in [3.05, 3.63) is 29.8 Å². The summed E-state index contributed by atoms with van der Waals surface area (Å²) in [6.07, 6.45) is 4.12. The van der Waals surface area contributed by atoms with Crippen LogP contribution in [-0.4, -0.2) is 30.8 Å². The quantitative estimate of drug-likeness (QED) is 0.923. The zero-order chi connectivity index (χ0) is 15.0. The molecule has 1 aromatic rings. The second kappa shape index (κ2) is 5.51. The Labute approximate surface area is 125 Å². The van der Waals surface area contributed by atoms with Crippen LogP contribution in [0.1, 0.15) is 24.8 Å². The first-order valence-corrected chi connectivity index (χ1v) is 7.66. The molecule has 2 atom stereocenters. The topological polar surface area (TPSA) is 49.4 Å². The molecule has 2 fully saturated rings. The third kappa shape index (κ3) is 2.94. The van der Waals surface area contributed by atoms with Gasteiger partial charge in [0.25, 0.3) is 0 Å². The largest absolute Gasteiger partial charge is 0.349 e. The van der Waals surface area contributed by atoms with E-state index >= 15 is 0 Å². The van der Waals surface area contributed by atoms with Crippen molar-refractivity contribution in [1.82, 2.24) is 4.90 Å². The molecular weight excluding hydrogens is 264 g/mol. The highest BCUT2D eigenvalue weighted by Gasteiger charge is 2.56. The smallest absolute Gasteiger partial charge is 0.228 e. The highest BCUT2D eigenvalue weighted by Crippen LogP contribution is 2.57. The third-order valence-electron chi connectivity index (χ3n) is 4.78. The molecule has 0 saturated heterocycles. The Kier molecular flexibility index (Phi) is 3.70. The van der Waals surface area contributed by atoms with Crippen LogP contribution >= 0.6 is 0 Å². The van der Waals surface area contributed by atoms with Crippen molar-refractivity contribution in [2.75, 3.05) is 19.4 Å². The fraction of sp³-hybridized carbons (Fsp3) is 0.529. The predicted octanol–water partition coefficient (Wildman–Crippen LogP) is 2.30. The number of amides is 2.